The second-order valence-electron chi connectivity index (χ2n) is 4.13. The maximum atomic E-state index is 9.33. The zero-order chi connectivity index (χ0) is 12.8. The van der Waals surface area contributed by atoms with Crippen LogP contribution in [0.25, 0.3) is 0 Å². The van der Waals surface area contributed by atoms with Gasteiger partial charge < -0.3 is 19.8 Å². The van der Waals surface area contributed by atoms with Gasteiger partial charge in [-0.3, -0.25) is 0 Å². The highest BCUT2D eigenvalue weighted by Gasteiger charge is 2.17. The Kier molecular flexibility index (Phi) is 5.25. The zero-order valence-corrected chi connectivity index (χ0v) is 10.7. The van der Waals surface area contributed by atoms with E-state index in [0.717, 1.165) is 17.0 Å². The summed E-state index contributed by atoms with van der Waals surface area (Å²) in [7, 11) is 3.52. The number of aryl methyl sites for hydroxylation is 1. The molecule has 0 spiro atoms. The van der Waals surface area contributed by atoms with Crippen LogP contribution in [0, 0.1) is 6.92 Å². The van der Waals surface area contributed by atoms with Crippen LogP contribution in [0.4, 0.5) is 5.69 Å². The summed E-state index contributed by atoms with van der Waals surface area (Å²) < 4.78 is 5.31. The topological polar surface area (TPSA) is 52.9 Å². The number of hydrogen-bond acceptors (Lipinski definition) is 4. The zero-order valence-electron chi connectivity index (χ0n) is 10.7. The van der Waals surface area contributed by atoms with Crippen LogP contribution >= 0.6 is 0 Å². The highest BCUT2D eigenvalue weighted by molar-refractivity contribution is 5.60. The Bertz CT molecular complexity index is 355. The molecule has 0 aliphatic carbocycles. The minimum Gasteiger partial charge on any atom is -0.495 e. The predicted molar refractivity (Wildman–Crippen MR) is 68.7 cm³/mol. The Balaban J connectivity index is 2.99. The normalized spacial score (nSPS) is 12.3. The molecule has 0 saturated carbocycles. The van der Waals surface area contributed by atoms with Crippen LogP contribution in [0.1, 0.15) is 12.0 Å². The van der Waals surface area contributed by atoms with Gasteiger partial charge in [-0.1, -0.05) is 6.07 Å². The summed E-state index contributed by atoms with van der Waals surface area (Å²) in [6.45, 7) is 2.08. The van der Waals surface area contributed by atoms with Crippen LogP contribution in [-0.2, 0) is 0 Å². The second-order valence-corrected chi connectivity index (χ2v) is 4.13. The van der Waals surface area contributed by atoms with Crippen LogP contribution in [0.2, 0.25) is 0 Å². The van der Waals surface area contributed by atoms with Gasteiger partial charge in [-0.25, -0.2) is 0 Å². The van der Waals surface area contributed by atoms with Crippen molar-refractivity contribution in [2.75, 3.05) is 32.3 Å². The molecule has 0 heterocycles. The largest absolute Gasteiger partial charge is 0.495 e. The van der Waals surface area contributed by atoms with Crippen molar-refractivity contribution in [2.24, 2.45) is 0 Å². The molecule has 1 atom stereocenters. The van der Waals surface area contributed by atoms with Gasteiger partial charge in [-0.05, 0) is 31.0 Å². The minimum atomic E-state index is -0.101. The van der Waals surface area contributed by atoms with Crippen LogP contribution in [-0.4, -0.2) is 43.6 Å². The highest BCUT2D eigenvalue weighted by Crippen LogP contribution is 2.30. The monoisotopic (exact) mass is 239 g/mol. The molecule has 17 heavy (non-hydrogen) atoms. The third-order valence-corrected chi connectivity index (χ3v) is 2.94. The molecule has 4 heteroatoms. The Morgan fingerprint density at radius 1 is 1.35 bits per heavy atom. The first kappa shape index (κ1) is 13.8. The molecule has 0 amide bonds. The van der Waals surface area contributed by atoms with Gasteiger partial charge in [-0.2, -0.15) is 0 Å². The van der Waals surface area contributed by atoms with Crippen molar-refractivity contribution in [3.05, 3.63) is 23.8 Å². The molecule has 4 nitrogen and oxygen atoms in total. The first-order valence-corrected chi connectivity index (χ1v) is 5.73. The molecule has 0 fully saturated rings. The summed E-state index contributed by atoms with van der Waals surface area (Å²) in [6.07, 6.45) is 0.532. The minimum absolute atomic E-state index is 0.00809. The Morgan fingerprint density at radius 3 is 2.59 bits per heavy atom. The highest BCUT2D eigenvalue weighted by atomic mass is 16.5. The van der Waals surface area contributed by atoms with Crippen molar-refractivity contribution >= 4 is 5.69 Å². The van der Waals surface area contributed by atoms with Gasteiger partial charge in [0.2, 0.25) is 0 Å². The molecule has 0 radical (unpaired) electrons. The lowest BCUT2D eigenvalue weighted by Crippen LogP contribution is -2.35. The van der Waals surface area contributed by atoms with Gasteiger partial charge in [0.05, 0.1) is 25.4 Å². The number of benzene rings is 1. The van der Waals surface area contributed by atoms with Gasteiger partial charge >= 0.3 is 0 Å². The van der Waals surface area contributed by atoms with Gasteiger partial charge in [0.15, 0.2) is 0 Å². The lowest BCUT2D eigenvalue weighted by atomic mass is 10.1. The summed E-state index contributed by atoms with van der Waals surface area (Å²) in [4.78, 5) is 1.95. The molecular weight excluding hydrogens is 218 g/mol. The van der Waals surface area contributed by atoms with Crippen LogP contribution in [0.3, 0.4) is 0 Å². The number of ether oxygens (including phenoxy) is 1. The molecule has 1 aromatic carbocycles. The molecule has 0 bridgehead atoms. The lowest BCUT2D eigenvalue weighted by Gasteiger charge is -2.29. The van der Waals surface area contributed by atoms with E-state index in [1.807, 2.05) is 37.1 Å². The molecule has 1 unspecified atom stereocenters. The van der Waals surface area contributed by atoms with E-state index in [1.54, 1.807) is 7.11 Å². The number of methoxy groups -OCH3 is 1. The fraction of sp³-hybridized carbons (Fsp3) is 0.538. The molecule has 1 rings (SSSR count). The van der Waals surface area contributed by atoms with Gasteiger partial charge in [0.25, 0.3) is 0 Å². The Morgan fingerprint density at radius 2 is 2.06 bits per heavy atom. The molecule has 0 saturated heterocycles. The van der Waals surface area contributed by atoms with Crippen molar-refractivity contribution in [3.8, 4) is 5.75 Å². The average molecular weight is 239 g/mol. The fourth-order valence-electron chi connectivity index (χ4n) is 1.83. The third kappa shape index (κ3) is 3.35. The molecule has 2 N–H and O–H groups in total. The number of rotatable bonds is 6. The van der Waals surface area contributed by atoms with Crippen molar-refractivity contribution < 1.29 is 14.9 Å². The lowest BCUT2D eigenvalue weighted by molar-refractivity contribution is 0.217. The maximum absolute atomic E-state index is 9.33. The number of aliphatic hydroxyl groups is 2. The van der Waals surface area contributed by atoms with Gasteiger partial charge in [0.1, 0.15) is 5.75 Å². The standard InChI is InChI=1S/C13H21NO3/c1-10-4-5-13(17-3)12(8-10)14(2)11(9-16)6-7-15/h4-5,8,11,15-16H,6-7,9H2,1-3H3. The summed E-state index contributed by atoms with van der Waals surface area (Å²) in [5.41, 5.74) is 2.06. The number of anilines is 1. The fourth-order valence-corrected chi connectivity index (χ4v) is 1.83. The van der Waals surface area contributed by atoms with Crippen molar-refractivity contribution in [2.45, 2.75) is 19.4 Å². The Labute approximate surface area is 102 Å². The van der Waals surface area contributed by atoms with Crippen LogP contribution in [0.5, 0.6) is 5.75 Å². The quantitative estimate of drug-likeness (QED) is 0.783. The first-order valence-electron chi connectivity index (χ1n) is 5.73. The average Bonchev–Trinajstić information content (AvgIpc) is 2.35. The molecule has 1 aromatic rings. The Hall–Kier alpha value is -1.26. The van der Waals surface area contributed by atoms with Crippen molar-refractivity contribution in [3.63, 3.8) is 0 Å². The predicted octanol–water partition coefficient (Wildman–Crippen LogP) is 1.18. The second kappa shape index (κ2) is 6.47. The summed E-state index contributed by atoms with van der Waals surface area (Å²) in [6, 6.07) is 5.81. The third-order valence-electron chi connectivity index (χ3n) is 2.94. The summed E-state index contributed by atoms with van der Waals surface area (Å²) in [5.74, 6) is 0.773. The van der Waals surface area contributed by atoms with E-state index >= 15 is 0 Å². The number of hydrogen-bond donors (Lipinski definition) is 2. The smallest absolute Gasteiger partial charge is 0.142 e. The number of nitrogens with zero attached hydrogens (tertiary/aromatic N) is 1. The van der Waals surface area contributed by atoms with E-state index in [-0.39, 0.29) is 19.3 Å². The van der Waals surface area contributed by atoms with Crippen LogP contribution in [0.15, 0.2) is 18.2 Å². The maximum Gasteiger partial charge on any atom is 0.142 e. The first-order chi connectivity index (χ1) is 8.13. The number of aliphatic hydroxyl groups excluding tert-OH is 2. The van der Waals surface area contributed by atoms with Crippen molar-refractivity contribution in [1.29, 1.82) is 0 Å². The molecule has 96 valence electrons. The van der Waals surface area contributed by atoms with Crippen molar-refractivity contribution in [1.82, 2.24) is 0 Å². The van der Waals surface area contributed by atoms with Gasteiger partial charge in [0, 0.05) is 13.7 Å². The van der Waals surface area contributed by atoms with E-state index in [0.29, 0.717) is 6.42 Å². The van der Waals surface area contributed by atoms with E-state index in [4.69, 9.17) is 9.84 Å². The van der Waals surface area contributed by atoms with E-state index < -0.39 is 0 Å². The molecule has 0 aliphatic heterocycles. The van der Waals surface area contributed by atoms with Crippen LogP contribution < -0.4 is 9.64 Å². The molecular formula is C13H21NO3. The SMILES string of the molecule is COc1ccc(C)cc1N(C)C(CO)CCO. The molecule has 0 aromatic heterocycles. The van der Waals surface area contributed by atoms with E-state index in [9.17, 15) is 5.11 Å². The number of likely N-dealkylation sites (N-methyl/N-ethyl adjacent to an activating group) is 1. The summed E-state index contributed by atoms with van der Waals surface area (Å²) in [5, 5.41) is 18.3. The summed E-state index contributed by atoms with van der Waals surface area (Å²) >= 11 is 0. The van der Waals surface area contributed by atoms with E-state index in [1.165, 1.54) is 0 Å². The molecule has 0 aliphatic rings. The van der Waals surface area contributed by atoms with Gasteiger partial charge in [-0.15, -0.1) is 0 Å². The van der Waals surface area contributed by atoms with E-state index in [2.05, 4.69) is 0 Å².